The second kappa shape index (κ2) is 7.17. The zero-order chi connectivity index (χ0) is 16.0. The van der Waals surface area contributed by atoms with E-state index >= 15 is 0 Å². The van der Waals surface area contributed by atoms with Crippen molar-refractivity contribution in [1.29, 1.82) is 0 Å². The van der Waals surface area contributed by atoms with Gasteiger partial charge in [-0.1, -0.05) is 13.3 Å². The van der Waals surface area contributed by atoms with Crippen molar-refractivity contribution in [2.75, 3.05) is 6.61 Å². The molecule has 0 bridgehead atoms. The number of nitrogens with two attached hydrogens (primary N) is 1. The molecule has 0 fully saturated rings. The third-order valence-corrected chi connectivity index (χ3v) is 2.61. The number of carbonyl (C=O) groups is 2. The molecule has 9 nitrogen and oxygen atoms in total. The van der Waals surface area contributed by atoms with Crippen LogP contribution in [-0.2, 0) is 16.1 Å². The number of aromatic nitrogens is 1. The molecule has 0 aromatic carbocycles. The Hall–Kier alpha value is -2.71. The molecule has 0 saturated carbocycles. The summed E-state index contributed by atoms with van der Waals surface area (Å²) in [6.07, 6.45) is 2.37. The van der Waals surface area contributed by atoms with Crippen LogP contribution >= 0.6 is 0 Å². The maximum Gasteiger partial charge on any atom is 0.326 e. The quantitative estimate of drug-likeness (QED) is 0.330. The van der Waals surface area contributed by atoms with Gasteiger partial charge in [-0.3, -0.25) is 29.1 Å². The molecule has 0 aliphatic carbocycles. The van der Waals surface area contributed by atoms with Crippen LogP contribution in [0.1, 0.15) is 30.1 Å². The van der Waals surface area contributed by atoms with Crippen LogP contribution in [0.2, 0.25) is 0 Å². The predicted octanol–water partition coefficient (Wildman–Crippen LogP) is 0.199. The number of rotatable bonds is 7. The van der Waals surface area contributed by atoms with Gasteiger partial charge in [0, 0.05) is 6.07 Å². The Morgan fingerprint density at radius 2 is 2.14 bits per heavy atom. The number of carbonyl (C=O) groups excluding carboxylic acids is 2. The number of amides is 1. The van der Waals surface area contributed by atoms with Crippen molar-refractivity contribution in [1.82, 2.24) is 4.57 Å². The molecule has 0 spiro atoms. The van der Waals surface area contributed by atoms with Crippen LogP contribution in [0, 0.1) is 10.1 Å². The zero-order valence-corrected chi connectivity index (χ0v) is 11.4. The first kappa shape index (κ1) is 16.3. The number of nitro groups is 1. The number of esters is 1. The molecule has 0 aliphatic rings. The molecule has 1 aromatic heterocycles. The first-order chi connectivity index (χ1) is 9.86. The third-order valence-electron chi connectivity index (χ3n) is 2.61. The van der Waals surface area contributed by atoms with Crippen molar-refractivity contribution in [3.05, 3.63) is 38.3 Å². The van der Waals surface area contributed by atoms with Crippen LogP contribution in [0.5, 0.6) is 0 Å². The molecule has 0 radical (unpaired) electrons. The number of unbranched alkanes of at least 4 members (excludes halogenated alkanes) is 1. The molecule has 114 valence electrons. The van der Waals surface area contributed by atoms with E-state index in [9.17, 15) is 24.5 Å². The molecule has 0 saturated heterocycles. The van der Waals surface area contributed by atoms with Gasteiger partial charge < -0.3 is 10.5 Å². The number of hydrogen-bond acceptors (Lipinski definition) is 6. The Morgan fingerprint density at radius 3 is 2.67 bits per heavy atom. The Balaban J connectivity index is 3.05. The van der Waals surface area contributed by atoms with E-state index < -0.39 is 40.2 Å². The third kappa shape index (κ3) is 4.41. The van der Waals surface area contributed by atoms with Gasteiger partial charge in [0.25, 0.3) is 17.2 Å². The number of nitrogens with zero attached hydrogens (tertiary/aromatic N) is 2. The number of primary amides is 1. The van der Waals surface area contributed by atoms with Crippen LogP contribution in [0.4, 0.5) is 5.69 Å². The van der Waals surface area contributed by atoms with Crippen molar-refractivity contribution in [2.45, 2.75) is 26.3 Å². The van der Waals surface area contributed by atoms with E-state index in [1.807, 2.05) is 6.92 Å². The minimum Gasteiger partial charge on any atom is -0.464 e. The highest BCUT2D eigenvalue weighted by molar-refractivity contribution is 5.93. The Morgan fingerprint density at radius 1 is 1.48 bits per heavy atom. The molecule has 1 amide bonds. The molecule has 1 aromatic rings. The van der Waals surface area contributed by atoms with E-state index in [1.54, 1.807) is 0 Å². The highest BCUT2D eigenvalue weighted by Crippen LogP contribution is 2.10. The summed E-state index contributed by atoms with van der Waals surface area (Å²) in [5.74, 6) is -1.82. The number of pyridine rings is 1. The average molecular weight is 297 g/mol. The summed E-state index contributed by atoms with van der Waals surface area (Å²) in [5.41, 5.74) is 3.06. The molecule has 21 heavy (non-hydrogen) atoms. The molecule has 0 aliphatic heterocycles. The molecule has 0 atom stereocenters. The van der Waals surface area contributed by atoms with Crippen LogP contribution in [0.3, 0.4) is 0 Å². The van der Waals surface area contributed by atoms with Crippen molar-refractivity contribution >= 4 is 17.6 Å². The molecule has 2 N–H and O–H groups in total. The van der Waals surface area contributed by atoms with Crippen molar-refractivity contribution in [3.8, 4) is 0 Å². The van der Waals surface area contributed by atoms with E-state index in [0.717, 1.165) is 23.3 Å². The van der Waals surface area contributed by atoms with Crippen LogP contribution in [0.15, 0.2) is 17.1 Å². The van der Waals surface area contributed by atoms with Gasteiger partial charge in [-0.05, 0) is 6.42 Å². The highest BCUT2D eigenvalue weighted by atomic mass is 16.6. The lowest BCUT2D eigenvalue weighted by Crippen LogP contribution is -2.32. The van der Waals surface area contributed by atoms with E-state index in [0.29, 0.717) is 6.42 Å². The van der Waals surface area contributed by atoms with Gasteiger partial charge in [0.05, 0.1) is 17.7 Å². The smallest absolute Gasteiger partial charge is 0.326 e. The standard InChI is InChI=1S/C12H15N3O6/c1-2-3-4-21-10(16)7-14-6-8(15(19)20)5-9(11(13)17)12(14)18/h5-6H,2-4,7H2,1H3,(H2,13,17). The first-order valence-corrected chi connectivity index (χ1v) is 6.21. The van der Waals surface area contributed by atoms with Gasteiger partial charge in [-0.25, -0.2) is 0 Å². The summed E-state index contributed by atoms with van der Waals surface area (Å²) in [7, 11) is 0. The minimum atomic E-state index is -1.10. The average Bonchev–Trinajstić information content (AvgIpc) is 2.40. The molecular weight excluding hydrogens is 282 g/mol. The van der Waals surface area contributed by atoms with Gasteiger partial charge in [0.15, 0.2) is 0 Å². The fraction of sp³-hybridized carbons (Fsp3) is 0.417. The van der Waals surface area contributed by atoms with Crippen molar-refractivity contribution < 1.29 is 19.2 Å². The van der Waals surface area contributed by atoms with Gasteiger partial charge in [0.1, 0.15) is 12.1 Å². The maximum absolute atomic E-state index is 11.9. The Kier molecular flexibility index (Phi) is 5.58. The maximum atomic E-state index is 11.9. The lowest BCUT2D eigenvalue weighted by molar-refractivity contribution is -0.385. The molecule has 9 heteroatoms. The SMILES string of the molecule is CCCCOC(=O)Cn1cc([N+](=O)[O-])cc(C(N)=O)c1=O. The second-order valence-corrected chi connectivity index (χ2v) is 4.24. The topological polar surface area (TPSA) is 135 Å². The van der Waals surface area contributed by atoms with Gasteiger partial charge >= 0.3 is 5.97 Å². The normalized spacial score (nSPS) is 10.1. The second-order valence-electron chi connectivity index (χ2n) is 4.24. The summed E-state index contributed by atoms with van der Waals surface area (Å²) < 4.78 is 5.60. The number of hydrogen-bond donors (Lipinski definition) is 1. The van der Waals surface area contributed by atoms with Crippen LogP contribution < -0.4 is 11.3 Å². The molecule has 0 unspecified atom stereocenters. The molecule has 1 rings (SSSR count). The van der Waals surface area contributed by atoms with E-state index in [4.69, 9.17) is 10.5 Å². The summed E-state index contributed by atoms with van der Waals surface area (Å²) in [6, 6.07) is 0.781. The lowest BCUT2D eigenvalue weighted by atomic mass is 10.2. The highest BCUT2D eigenvalue weighted by Gasteiger charge is 2.18. The molecular formula is C12H15N3O6. The minimum absolute atomic E-state index is 0.196. The Bertz CT molecular complexity index is 622. The van der Waals surface area contributed by atoms with E-state index in [2.05, 4.69) is 0 Å². The summed E-state index contributed by atoms with van der Waals surface area (Å²) >= 11 is 0. The van der Waals surface area contributed by atoms with Crippen molar-refractivity contribution in [2.24, 2.45) is 5.73 Å². The largest absolute Gasteiger partial charge is 0.464 e. The fourth-order valence-electron chi connectivity index (χ4n) is 1.53. The van der Waals surface area contributed by atoms with E-state index in [-0.39, 0.29) is 6.61 Å². The monoisotopic (exact) mass is 297 g/mol. The number of ether oxygens (including phenoxy) is 1. The predicted molar refractivity (Wildman–Crippen MR) is 71.7 cm³/mol. The van der Waals surface area contributed by atoms with Gasteiger partial charge in [0.2, 0.25) is 0 Å². The van der Waals surface area contributed by atoms with Crippen LogP contribution in [-0.4, -0.2) is 28.0 Å². The Labute approximate surface area is 119 Å². The summed E-state index contributed by atoms with van der Waals surface area (Å²) in [5, 5.41) is 10.8. The fourth-order valence-corrected chi connectivity index (χ4v) is 1.53. The summed E-state index contributed by atoms with van der Waals surface area (Å²) in [4.78, 5) is 44.5. The molecule has 1 heterocycles. The van der Waals surface area contributed by atoms with Crippen molar-refractivity contribution in [3.63, 3.8) is 0 Å². The summed E-state index contributed by atoms with van der Waals surface area (Å²) in [6.45, 7) is 1.59. The lowest BCUT2D eigenvalue weighted by Gasteiger charge is -2.07. The zero-order valence-electron chi connectivity index (χ0n) is 11.4. The van der Waals surface area contributed by atoms with Crippen LogP contribution in [0.25, 0.3) is 0 Å². The van der Waals surface area contributed by atoms with Gasteiger partial charge in [-0.15, -0.1) is 0 Å². The van der Waals surface area contributed by atoms with Gasteiger partial charge in [-0.2, -0.15) is 0 Å². The van der Waals surface area contributed by atoms with E-state index in [1.165, 1.54) is 0 Å². The first-order valence-electron chi connectivity index (χ1n) is 6.21.